The van der Waals surface area contributed by atoms with E-state index in [4.69, 9.17) is 14.6 Å². The van der Waals surface area contributed by atoms with E-state index in [0.717, 1.165) is 122 Å². The van der Waals surface area contributed by atoms with Crippen molar-refractivity contribution < 1.29 is 72.7 Å². The van der Waals surface area contributed by atoms with E-state index in [0.29, 0.717) is 61.7 Å². The summed E-state index contributed by atoms with van der Waals surface area (Å²) in [6, 6.07) is 11.6. The minimum Gasteiger partial charge on any atom is -0.468 e. The molecule has 8 amide bonds. The summed E-state index contributed by atoms with van der Waals surface area (Å²) in [6.07, 6.45) is 13.5. The van der Waals surface area contributed by atoms with Crippen LogP contribution in [0, 0.1) is 17.8 Å². The Labute approximate surface area is 836 Å². The lowest BCUT2D eigenvalue weighted by Gasteiger charge is -2.29. The summed E-state index contributed by atoms with van der Waals surface area (Å²) in [6.45, 7) is 65.7. The SMILES string of the molecule is CC1CCN(C)[C@@H]1C(=O)NC(C)(C)C.CC[C@H]1CC[C@@H](C(=O)NC(C)(C)C)N1C.CC[C@H]1CC[C@H](C(=O)NC(C)(C)C)N1C.CC[C@H]1[C@@H](C)[C@H](C)[C@@H](C(=O)NC(C)(C)C)N1C.CN1CC[C@H](OCc2ccccc2)[C@H]1C(=O)NC(C)(C)C.CN1C[C@@H](O)[C@H](O)[C@H]1C(=O)NC(C)(C)C.CN1[C@@H](CO)CC[C@H]1C(=O)NC(C)(C)C.COC(=O)[C@@H]1CCCN1C.COC[C@H]1CC[C@@H](C(=O)NC(C)(C)C)N1C. The minimum atomic E-state index is -1.00. The largest absolute Gasteiger partial charge is 0.468 e. The summed E-state index contributed by atoms with van der Waals surface area (Å²) in [7, 11) is 20.9. The van der Waals surface area contributed by atoms with E-state index in [1.54, 1.807) is 19.1 Å². The maximum Gasteiger partial charge on any atom is 0.323 e. The number of nitrogens with one attached hydrogen (secondary N) is 8. The van der Waals surface area contributed by atoms with Gasteiger partial charge < -0.3 is 72.1 Å². The molecule has 1 aromatic carbocycles. The van der Waals surface area contributed by atoms with Crippen LogP contribution in [0.25, 0.3) is 0 Å². The first kappa shape index (κ1) is 128. The number of carbonyl (C=O) groups excluding carboxylic acids is 9. The second kappa shape index (κ2) is 57.0. The molecule has 0 spiro atoms. The van der Waals surface area contributed by atoms with Gasteiger partial charge in [0.25, 0.3) is 0 Å². The van der Waals surface area contributed by atoms with Crippen LogP contribution >= 0.6 is 0 Å². The lowest BCUT2D eigenvalue weighted by Crippen LogP contribution is -2.52. The van der Waals surface area contributed by atoms with Crippen molar-refractivity contribution in [1.82, 2.24) is 86.6 Å². The fourth-order valence-corrected chi connectivity index (χ4v) is 19.7. The lowest BCUT2D eigenvalue weighted by molar-refractivity contribution is -0.145. The van der Waals surface area contributed by atoms with Gasteiger partial charge in [-0.3, -0.25) is 87.3 Å². The topological polar surface area (TPSA) is 367 Å². The predicted octanol–water partition coefficient (Wildman–Crippen LogP) is 9.80. The van der Waals surface area contributed by atoms with Crippen molar-refractivity contribution in [3.05, 3.63) is 35.9 Å². The van der Waals surface area contributed by atoms with Gasteiger partial charge in [-0.25, -0.2) is 0 Å². The van der Waals surface area contributed by atoms with Gasteiger partial charge in [0.15, 0.2) is 0 Å². The van der Waals surface area contributed by atoms with Crippen LogP contribution in [0.4, 0.5) is 0 Å². The first-order valence-corrected chi connectivity index (χ1v) is 51.4. The highest BCUT2D eigenvalue weighted by Crippen LogP contribution is 2.37. The number of amides is 8. The molecule has 10 rings (SSSR count). The third kappa shape index (κ3) is 44.6. The number of β-amino-alcohol motifs (C(OH)–C–C–N with tert-alkyl or cyclic N) is 1. The van der Waals surface area contributed by atoms with E-state index in [1.165, 1.54) is 7.11 Å². The molecule has 1 aromatic rings. The number of carbonyl (C=O) groups is 9. The quantitative estimate of drug-likeness (QED) is 0.0609. The second-order valence-electron chi connectivity index (χ2n) is 48.7. The van der Waals surface area contributed by atoms with Crippen LogP contribution < -0.4 is 42.5 Å². The van der Waals surface area contributed by atoms with Crippen LogP contribution in [0.15, 0.2) is 30.3 Å². The molecule has 9 aliphatic heterocycles. The molecular formula is C106H203N17O15. The normalized spacial score (nSPS) is 28.6. The zero-order valence-corrected chi connectivity index (χ0v) is 94.3. The lowest BCUT2D eigenvalue weighted by atomic mass is 9.89. The predicted molar refractivity (Wildman–Crippen MR) is 557 cm³/mol. The number of likely N-dealkylation sites (tertiary alicyclic amines) is 9. The number of ether oxygens (including phenoxy) is 3. The molecule has 0 aromatic heterocycles. The van der Waals surface area contributed by atoms with Crippen molar-refractivity contribution in [3.63, 3.8) is 0 Å². The monoisotopic (exact) mass is 1950 g/mol. The number of hydrogen-bond acceptors (Lipinski definition) is 24. The van der Waals surface area contributed by atoms with Crippen LogP contribution in [0.1, 0.15) is 310 Å². The molecule has 138 heavy (non-hydrogen) atoms. The van der Waals surface area contributed by atoms with Crippen molar-refractivity contribution in [1.29, 1.82) is 0 Å². The zero-order chi connectivity index (χ0) is 106. The van der Waals surface area contributed by atoms with Crippen molar-refractivity contribution in [3.8, 4) is 0 Å². The number of aliphatic hydroxyl groups excluding tert-OH is 3. The van der Waals surface area contributed by atoms with E-state index in [2.05, 4.69) is 139 Å². The molecule has 0 aliphatic carbocycles. The Morgan fingerprint density at radius 1 is 0.362 bits per heavy atom. The summed E-state index contributed by atoms with van der Waals surface area (Å²) >= 11 is 0. The molecule has 9 saturated heterocycles. The summed E-state index contributed by atoms with van der Waals surface area (Å²) < 4.78 is 15.8. The number of likely N-dealkylation sites (N-methyl/N-ethyl adjacent to an activating group) is 9. The van der Waals surface area contributed by atoms with Crippen molar-refractivity contribution >= 4 is 53.2 Å². The van der Waals surface area contributed by atoms with Gasteiger partial charge in [0.05, 0.1) is 75.4 Å². The number of nitrogens with zero attached hydrogens (tertiary/aromatic N) is 9. The minimum absolute atomic E-state index is 0.000579. The van der Waals surface area contributed by atoms with Gasteiger partial charge in [-0.2, -0.15) is 0 Å². The van der Waals surface area contributed by atoms with Gasteiger partial charge >= 0.3 is 5.97 Å². The fourth-order valence-electron chi connectivity index (χ4n) is 19.7. The maximum atomic E-state index is 12.5. The van der Waals surface area contributed by atoms with Gasteiger partial charge in [-0.05, 0) is 362 Å². The molecule has 9 fully saturated rings. The van der Waals surface area contributed by atoms with E-state index >= 15 is 0 Å². The Bertz CT molecular complexity index is 3680. The average Bonchev–Trinajstić information content (AvgIpc) is 1.64. The summed E-state index contributed by atoms with van der Waals surface area (Å²) in [4.78, 5) is 126. The highest BCUT2D eigenvalue weighted by Gasteiger charge is 2.48. The first-order valence-electron chi connectivity index (χ1n) is 51.4. The molecule has 0 bridgehead atoms. The molecule has 9 aliphatic rings. The highest BCUT2D eigenvalue weighted by molar-refractivity contribution is 5.87. The number of aliphatic hydroxyl groups is 3. The molecule has 0 radical (unpaired) electrons. The molecule has 802 valence electrons. The number of rotatable bonds is 18. The fraction of sp³-hybridized carbons (Fsp3) is 0.858. The molecule has 9 heterocycles. The Morgan fingerprint density at radius 2 is 0.703 bits per heavy atom. The maximum absolute atomic E-state index is 12.5. The Balaban J connectivity index is 0.000000528. The van der Waals surface area contributed by atoms with Gasteiger partial charge in [-0.1, -0.05) is 71.9 Å². The van der Waals surface area contributed by atoms with Crippen LogP contribution in [-0.2, 0) is 64.0 Å². The van der Waals surface area contributed by atoms with Crippen molar-refractivity contribution in [2.24, 2.45) is 17.8 Å². The number of esters is 1. The standard InChI is InChI=1S/C17H26N2O2.C14H28N2O.C12H24N2O2.2C12H24N2O.C11H22N2O2.C11H22N2O.C10H20N2O3.C7H13NO2/c1-17(2,3)18-16(20)15-14(10-11-19(15)4)21-12-13-8-6-5-7-9-13;1-8-11-9(2)10(3)12(16(11)7)13(17)15-14(4,5)6;1-12(2,3)13-11(15)10-7-6-9(8-16-5)14(10)4;2*1-6-9-7-8-10(14(9)5)11(15)13-12(2,3)4;1-11(2,3)12-10(15)9-6-5-8(7-14)13(9)4;1-8-6-7-13(5)9(8)10(14)12-11(2,3)4;1-10(2,3)11-9(15)7-8(14)6(13)5-12(7)4;1-8-5-3-4-6(8)7(9)10-2/h5-9,14-15H,10-12H2,1-4H3,(H,18,20);9-12H,8H2,1-7H3,(H,15,17);9-10H,6-8H2,1-5H3,(H,13,15);2*9-10H,6-8H2,1-5H3,(H,13,15);8-9,14H,5-7H2,1-4H3,(H,12,15);8-9H,6-7H2,1-5H3,(H,12,14);6-8,13-14H,5H2,1-4H3,(H,11,15);6H,3-5H2,1-2H3/t14-,15-;9-,10-,11-,12-;2*9-,10+;9-,10-;8-,9+;8?,9-;6-,7+,8+;6-/m001001010/s1. The molecular weight excluding hydrogens is 1750 g/mol. The molecule has 32 nitrogen and oxygen atoms in total. The van der Waals surface area contributed by atoms with Gasteiger partial charge in [-0.15, -0.1) is 0 Å². The summed E-state index contributed by atoms with van der Waals surface area (Å²) in [5.41, 5.74) is -0.264. The Hall–Kier alpha value is -6.11. The van der Waals surface area contributed by atoms with Gasteiger partial charge in [0.1, 0.15) is 24.2 Å². The summed E-state index contributed by atoms with van der Waals surface area (Å²) in [5.74, 6) is 2.11. The number of hydrogen-bond donors (Lipinski definition) is 11. The van der Waals surface area contributed by atoms with E-state index in [-0.39, 0.29) is 165 Å². The Kier molecular flexibility index (Phi) is 52.8. The molecule has 11 N–H and O–H groups in total. The summed E-state index contributed by atoms with van der Waals surface area (Å²) in [5, 5.41) is 52.3. The number of benzene rings is 1. The third-order valence-electron chi connectivity index (χ3n) is 27.0. The van der Waals surface area contributed by atoms with Gasteiger partial charge in [0.2, 0.25) is 47.3 Å². The van der Waals surface area contributed by atoms with Gasteiger partial charge in [0, 0.05) is 94.7 Å². The third-order valence-corrected chi connectivity index (χ3v) is 27.0. The van der Waals surface area contributed by atoms with Crippen LogP contribution in [-0.4, -0.2) is 377 Å². The molecule has 1 unspecified atom stereocenters. The first-order chi connectivity index (χ1) is 63.2. The van der Waals surface area contributed by atoms with Crippen LogP contribution in [0.3, 0.4) is 0 Å². The molecule has 0 saturated carbocycles. The van der Waals surface area contributed by atoms with Crippen molar-refractivity contribution in [2.45, 2.75) is 458 Å². The molecule has 20 atom stereocenters. The smallest absolute Gasteiger partial charge is 0.323 e. The zero-order valence-electron chi connectivity index (χ0n) is 94.3. The molecule has 32 heteroatoms. The average molecular weight is 1960 g/mol. The van der Waals surface area contributed by atoms with E-state index in [9.17, 15) is 53.4 Å². The van der Waals surface area contributed by atoms with Crippen LogP contribution in [0.2, 0.25) is 0 Å². The number of methoxy groups -OCH3 is 2. The second-order valence-corrected chi connectivity index (χ2v) is 48.7. The van der Waals surface area contributed by atoms with E-state index in [1.807, 2.05) is 242 Å². The van der Waals surface area contributed by atoms with Crippen molar-refractivity contribution in [2.75, 3.05) is 117 Å². The Morgan fingerprint density at radius 3 is 1.01 bits per heavy atom. The van der Waals surface area contributed by atoms with E-state index < -0.39 is 18.2 Å². The highest BCUT2D eigenvalue weighted by atomic mass is 16.5. The van der Waals surface area contributed by atoms with Crippen LogP contribution in [0.5, 0.6) is 0 Å².